The summed E-state index contributed by atoms with van der Waals surface area (Å²) in [7, 11) is 0. The van der Waals surface area contributed by atoms with Crippen LogP contribution in [0.15, 0.2) is 23.5 Å². The van der Waals surface area contributed by atoms with Crippen molar-refractivity contribution in [2.75, 3.05) is 0 Å². The molecule has 24 heavy (non-hydrogen) atoms. The number of fused-ring (bicyclic) bond motifs is 2. The van der Waals surface area contributed by atoms with E-state index in [1.54, 1.807) is 12.1 Å². The van der Waals surface area contributed by atoms with Gasteiger partial charge in [-0.15, -0.1) is 0 Å². The lowest BCUT2D eigenvalue weighted by Gasteiger charge is -2.45. The van der Waals surface area contributed by atoms with Crippen LogP contribution in [-0.4, -0.2) is 16.9 Å². The number of rotatable bonds is 1. The Morgan fingerprint density at radius 1 is 1.12 bits per heavy atom. The topological polar surface area (TPSA) is 63.6 Å². The molecule has 1 N–H and O–H groups in total. The number of hydrogen-bond donors (Lipinski definition) is 1. The van der Waals surface area contributed by atoms with Gasteiger partial charge in [0, 0.05) is 16.6 Å². The van der Waals surface area contributed by atoms with Crippen LogP contribution in [0.1, 0.15) is 74.4 Å². The molecule has 4 nitrogen and oxygen atoms in total. The van der Waals surface area contributed by atoms with E-state index in [1.165, 1.54) is 0 Å². The second-order valence-corrected chi connectivity index (χ2v) is 8.05. The summed E-state index contributed by atoms with van der Waals surface area (Å²) in [5.41, 5.74) is 1.80. The standard InChI is InChI=1S/C20H22O4/c1-10(2)11-8-12-13(9-14(11)21)19(3)6-5-7-20(4)17(19)16(15(12)22)24-18(20)23/h8-10,21H,5-7H2,1-4H3/t19-,20-/m1/s1. The molecule has 3 aliphatic rings. The molecule has 4 rings (SSSR count). The van der Waals surface area contributed by atoms with Crippen LogP contribution in [0.2, 0.25) is 0 Å². The maximum Gasteiger partial charge on any atom is 0.321 e. The molecule has 0 unspecified atom stereocenters. The molecule has 1 aliphatic heterocycles. The zero-order valence-electron chi connectivity index (χ0n) is 14.5. The van der Waals surface area contributed by atoms with Crippen molar-refractivity contribution in [2.24, 2.45) is 5.41 Å². The normalized spacial score (nSPS) is 31.2. The quantitative estimate of drug-likeness (QED) is 0.793. The molecule has 1 aromatic carbocycles. The monoisotopic (exact) mass is 326 g/mol. The SMILES string of the molecule is CC(C)c1cc2c(cc1O)[C@@]1(C)CCC[C@@]3(C)C(=O)OC(=C31)C2=O. The summed E-state index contributed by atoms with van der Waals surface area (Å²) in [6, 6.07) is 3.52. The lowest BCUT2D eigenvalue weighted by atomic mass is 9.55. The summed E-state index contributed by atoms with van der Waals surface area (Å²) in [6.07, 6.45) is 2.44. The van der Waals surface area contributed by atoms with Gasteiger partial charge in [0.1, 0.15) is 5.75 Å². The fraction of sp³-hybridized carbons (Fsp3) is 0.500. The maximum absolute atomic E-state index is 13.0. The summed E-state index contributed by atoms with van der Waals surface area (Å²) < 4.78 is 5.48. The minimum atomic E-state index is -0.720. The molecule has 0 bridgehead atoms. The van der Waals surface area contributed by atoms with E-state index in [0.29, 0.717) is 12.0 Å². The first-order valence-electron chi connectivity index (χ1n) is 8.60. The van der Waals surface area contributed by atoms with Crippen LogP contribution in [0, 0.1) is 5.41 Å². The molecule has 0 amide bonds. The van der Waals surface area contributed by atoms with Crippen molar-refractivity contribution in [3.8, 4) is 5.75 Å². The number of allylic oxidation sites excluding steroid dienone is 1. The molecular weight excluding hydrogens is 304 g/mol. The van der Waals surface area contributed by atoms with Gasteiger partial charge in [-0.2, -0.15) is 0 Å². The van der Waals surface area contributed by atoms with Crippen LogP contribution in [0.3, 0.4) is 0 Å². The highest BCUT2D eigenvalue weighted by molar-refractivity contribution is 6.15. The second kappa shape index (κ2) is 4.50. The fourth-order valence-corrected chi connectivity index (χ4v) is 4.88. The van der Waals surface area contributed by atoms with Gasteiger partial charge < -0.3 is 9.84 Å². The zero-order valence-corrected chi connectivity index (χ0v) is 14.5. The van der Waals surface area contributed by atoms with Gasteiger partial charge in [-0.05, 0) is 48.9 Å². The highest BCUT2D eigenvalue weighted by atomic mass is 16.5. The van der Waals surface area contributed by atoms with Crippen LogP contribution >= 0.6 is 0 Å². The van der Waals surface area contributed by atoms with Crippen molar-refractivity contribution in [2.45, 2.75) is 58.3 Å². The van der Waals surface area contributed by atoms with Crippen LogP contribution in [0.25, 0.3) is 0 Å². The van der Waals surface area contributed by atoms with Gasteiger partial charge in [-0.3, -0.25) is 9.59 Å². The molecule has 1 aromatic rings. The number of phenols is 1. The van der Waals surface area contributed by atoms with Gasteiger partial charge in [0.05, 0.1) is 5.41 Å². The third-order valence-electron chi connectivity index (χ3n) is 6.16. The predicted octanol–water partition coefficient (Wildman–Crippen LogP) is 3.97. The molecule has 1 fully saturated rings. The number of aromatic hydroxyl groups is 1. The minimum absolute atomic E-state index is 0.106. The van der Waals surface area contributed by atoms with Crippen molar-refractivity contribution in [1.82, 2.24) is 0 Å². The molecular formula is C20H22O4. The highest BCUT2D eigenvalue weighted by Crippen LogP contribution is 2.60. The summed E-state index contributed by atoms with van der Waals surface area (Å²) in [4.78, 5) is 25.5. The first-order valence-corrected chi connectivity index (χ1v) is 8.60. The summed E-state index contributed by atoms with van der Waals surface area (Å²) in [5, 5.41) is 10.5. The zero-order chi connectivity index (χ0) is 17.4. The van der Waals surface area contributed by atoms with E-state index >= 15 is 0 Å². The summed E-state index contributed by atoms with van der Waals surface area (Å²) in [6.45, 7) is 7.92. The number of Topliss-reactive ketones (excluding diaryl/α,β-unsaturated/α-hetero) is 1. The van der Waals surface area contributed by atoms with E-state index in [-0.39, 0.29) is 29.2 Å². The van der Waals surface area contributed by atoms with Crippen LogP contribution in [0.5, 0.6) is 5.75 Å². The summed E-state index contributed by atoms with van der Waals surface area (Å²) in [5.74, 6) is 0.0252. The van der Waals surface area contributed by atoms with Gasteiger partial charge in [-0.1, -0.05) is 27.2 Å². The number of benzene rings is 1. The van der Waals surface area contributed by atoms with Crippen LogP contribution in [0.4, 0.5) is 0 Å². The molecule has 1 saturated carbocycles. The summed E-state index contributed by atoms with van der Waals surface area (Å²) >= 11 is 0. The molecule has 0 aromatic heterocycles. The van der Waals surface area contributed by atoms with Crippen molar-refractivity contribution >= 4 is 11.8 Å². The highest BCUT2D eigenvalue weighted by Gasteiger charge is 2.60. The maximum atomic E-state index is 13.0. The molecule has 2 aliphatic carbocycles. The van der Waals surface area contributed by atoms with Gasteiger partial charge >= 0.3 is 5.97 Å². The molecule has 2 atom stereocenters. The van der Waals surface area contributed by atoms with Crippen molar-refractivity contribution in [3.05, 3.63) is 40.2 Å². The molecule has 0 spiro atoms. The van der Waals surface area contributed by atoms with E-state index in [4.69, 9.17) is 4.74 Å². The lowest BCUT2D eigenvalue weighted by molar-refractivity contribution is -0.145. The van der Waals surface area contributed by atoms with Crippen LogP contribution < -0.4 is 0 Å². The molecule has 1 heterocycles. The minimum Gasteiger partial charge on any atom is -0.508 e. The molecule has 4 heteroatoms. The smallest absolute Gasteiger partial charge is 0.321 e. The Morgan fingerprint density at radius 3 is 2.46 bits per heavy atom. The van der Waals surface area contributed by atoms with Crippen LogP contribution in [-0.2, 0) is 14.9 Å². The van der Waals surface area contributed by atoms with Crippen molar-refractivity contribution in [1.29, 1.82) is 0 Å². The number of carbonyl (C=O) groups excluding carboxylic acids is 2. The van der Waals surface area contributed by atoms with Crippen molar-refractivity contribution in [3.63, 3.8) is 0 Å². The fourth-order valence-electron chi connectivity index (χ4n) is 4.88. The Kier molecular flexibility index (Phi) is 2.89. The number of ether oxygens (including phenoxy) is 1. The predicted molar refractivity (Wildman–Crippen MR) is 89.0 cm³/mol. The van der Waals surface area contributed by atoms with Crippen molar-refractivity contribution < 1.29 is 19.4 Å². The third-order valence-corrected chi connectivity index (χ3v) is 6.16. The second-order valence-electron chi connectivity index (χ2n) is 8.05. The number of carbonyl (C=O) groups is 2. The number of phenolic OH excluding ortho intramolecular Hbond substituents is 1. The van der Waals surface area contributed by atoms with E-state index in [0.717, 1.165) is 29.5 Å². The Labute approximate surface area is 141 Å². The van der Waals surface area contributed by atoms with Gasteiger partial charge in [0.15, 0.2) is 5.76 Å². The number of ketones is 1. The largest absolute Gasteiger partial charge is 0.508 e. The Bertz CT molecular complexity index is 832. The molecule has 126 valence electrons. The van der Waals surface area contributed by atoms with E-state index in [2.05, 4.69) is 6.92 Å². The Morgan fingerprint density at radius 2 is 1.79 bits per heavy atom. The van der Waals surface area contributed by atoms with Gasteiger partial charge in [-0.25, -0.2) is 0 Å². The molecule has 0 radical (unpaired) electrons. The Hall–Kier alpha value is -2.10. The van der Waals surface area contributed by atoms with E-state index in [1.807, 2.05) is 20.8 Å². The first-order chi connectivity index (χ1) is 11.2. The average Bonchev–Trinajstić information content (AvgIpc) is 2.78. The Balaban J connectivity index is 2.03. The first kappa shape index (κ1) is 15.4. The lowest BCUT2D eigenvalue weighted by Crippen LogP contribution is -2.43. The third kappa shape index (κ3) is 1.64. The average molecular weight is 326 g/mol. The number of esters is 1. The molecule has 0 saturated heterocycles. The van der Waals surface area contributed by atoms with E-state index < -0.39 is 10.8 Å². The van der Waals surface area contributed by atoms with Gasteiger partial charge in [0.2, 0.25) is 5.78 Å². The number of hydrogen-bond acceptors (Lipinski definition) is 4. The van der Waals surface area contributed by atoms with E-state index in [9.17, 15) is 14.7 Å². The van der Waals surface area contributed by atoms with Gasteiger partial charge in [0.25, 0.3) is 0 Å².